The molecule has 2 aromatic rings. The molecule has 0 atom stereocenters. The average Bonchev–Trinajstić information content (AvgIpc) is 3.22. The van der Waals surface area contributed by atoms with Crippen molar-refractivity contribution in [3.05, 3.63) is 23.0 Å². The highest BCUT2D eigenvalue weighted by molar-refractivity contribution is 7.89. The van der Waals surface area contributed by atoms with E-state index in [1.165, 1.54) is 0 Å². The van der Waals surface area contributed by atoms with Gasteiger partial charge in [0, 0.05) is 38.6 Å². The Morgan fingerprint density at radius 2 is 1.86 bits per heavy atom. The van der Waals surface area contributed by atoms with Gasteiger partial charge in [-0.25, -0.2) is 8.42 Å². The number of aromatic nitrogens is 5. The predicted molar refractivity (Wildman–Crippen MR) is 107 cm³/mol. The molecule has 156 valence electrons. The van der Waals surface area contributed by atoms with Gasteiger partial charge in [-0.1, -0.05) is 0 Å². The van der Waals surface area contributed by atoms with Crippen LogP contribution in [0, 0.1) is 13.8 Å². The van der Waals surface area contributed by atoms with Gasteiger partial charge in [0.25, 0.3) is 0 Å². The van der Waals surface area contributed by atoms with Gasteiger partial charge < -0.3 is 9.88 Å². The second kappa shape index (κ2) is 8.10. The number of sulfonamides is 1. The third kappa shape index (κ3) is 3.47. The molecule has 1 N–H and O–H groups in total. The molecule has 11 heteroatoms. The van der Waals surface area contributed by atoms with Gasteiger partial charge in [0.2, 0.25) is 10.0 Å². The Hall–Kier alpha value is -1.49. The van der Waals surface area contributed by atoms with Crippen molar-refractivity contribution in [2.45, 2.75) is 64.1 Å². The number of rotatable bonds is 4. The molecule has 0 amide bonds. The van der Waals surface area contributed by atoms with Crippen LogP contribution in [-0.4, -0.2) is 56.9 Å². The predicted octanol–water partition coefficient (Wildman–Crippen LogP) is 1.20. The lowest BCUT2D eigenvalue weighted by molar-refractivity contribution is 0.307. The van der Waals surface area contributed by atoms with Gasteiger partial charge in [-0.3, -0.25) is 4.68 Å². The molecule has 4 rings (SSSR count). The minimum absolute atomic E-state index is 0. The Morgan fingerprint density at radius 3 is 2.50 bits per heavy atom. The molecule has 1 saturated heterocycles. The molecule has 0 aromatic carbocycles. The smallest absolute Gasteiger partial charge is 0.246 e. The fourth-order valence-electron chi connectivity index (χ4n) is 4.26. The van der Waals surface area contributed by atoms with Crippen LogP contribution >= 0.6 is 12.4 Å². The van der Waals surface area contributed by atoms with Crippen molar-refractivity contribution < 1.29 is 8.42 Å². The summed E-state index contributed by atoms with van der Waals surface area (Å²) in [6.45, 7) is 9.80. The largest absolute Gasteiger partial charge is 0.312 e. The summed E-state index contributed by atoms with van der Waals surface area (Å²) in [4.78, 5) is 0.369. The molecule has 0 spiro atoms. The summed E-state index contributed by atoms with van der Waals surface area (Å²) in [5, 5.41) is 16.4. The first-order valence-corrected chi connectivity index (χ1v) is 11.0. The van der Waals surface area contributed by atoms with E-state index in [2.05, 4.69) is 25.2 Å². The summed E-state index contributed by atoms with van der Waals surface area (Å²) >= 11 is 0. The molecule has 2 aromatic heterocycles. The quantitative estimate of drug-likeness (QED) is 0.784. The Bertz CT molecular complexity index is 945. The monoisotopic (exact) mass is 429 g/mol. The molecule has 28 heavy (non-hydrogen) atoms. The summed E-state index contributed by atoms with van der Waals surface area (Å²) < 4.78 is 32.0. The zero-order valence-corrected chi connectivity index (χ0v) is 18.2. The standard InChI is InChI=1S/C17H27N7O2S.ClH/c1-4-24-13(3)16(12(2)21-24)27(25,26)22-8-5-14(6-9-22)17-20-19-15-11-18-7-10-23(15)17;/h14,18H,4-11H2,1-3H3;1H. The van der Waals surface area contributed by atoms with Gasteiger partial charge in [-0.05, 0) is 33.6 Å². The lowest BCUT2D eigenvalue weighted by atomic mass is 9.97. The number of hydrogen-bond donors (Lipinski definition) is 1. The van der Waals surface area contributed by atoms with E-state index in [-0.39, 0.29) is 18.3 Å². The molecule has 0 radical (unpaired) electrons. The molecule has 9 nitrogen and oxygen atoms in total. The van der Waals surface area contributed by atoms with Gasteiger partial charge in [0.15, 0.2) is 0 Å². The van der Waals surface area contributed by atoms with E-state index in [0.29, 0.717) is 30.2 Å². The van der Waals surface area contributed by atoms with Crippen molar-refractivity contribution in [1.82, 2.24) is 34.2 Å². The molecule has 2 aliphatic heterocycles. The van der Waals surface area contributed by atoms with Crippen molar-refractivity contribution in [3.63, 3.8) is 0 Å². The summed E-state index contributed by atoms with van der Waals surface area (Å²) in [5.41, 5.74) is 1.30. The van der Waals surface area contributed by atoms with E-state index < -0.39 is 10.0 Å². The Balaban J connectivity index is 0.00000225. The number of halogens is 1. The highest BCUT2D eigenvalue weighted by Crippen LogP contribution is 2.32. The van der Waals surface area contributed by atoms with Crippen molar-refractivity contribution >= 4 is 22.4 Å². The van der Waals surface area contributed by atoms with Crippen molar-refractivity contribution in [2.24, 2.45) is 0 Å². The van der Waals surface area contributed by atoms with Crippen molar-refractivity contribution in [2.75, 3.05) is 19.6 Å². The van der Waals surface area contributed by atoms with Crippen LogP contribution in [0.1, 0.15) is 48.7 Å². The SMILES string of the molecule is CCn1nc(C)c(S(=O)(=O)N2CCC(c3nnc4n3CCNC4)CC2)c1C.Cl. The summed E-state index contributed by atoms with van der Waals surface area (Å²) in [6.07, 6.45) is 1.54. The second-order valence-electron chi connectivity index (χ2n) is 7.30. The second-order valence-corrected chi connectivity index (χ2v) is 9.17. The molecule has 4 heterocycles. The van der Waals surface area contributed by atoms with Gasteiger partial charge in [0.1, 0.15) is 16.5 Å². The number of hydrogen-bond acceptors (Lipinski definition) is 6. The van der Waals surface area contributed by atoms with Crippen LogP contribution in [0.2, 0.25) is 0 Å². The highest BCUT2D eigenvalue weighted by Gasteiger charge is 2.35. The van der Waals surface area contributed by atoms with E-state index >= 15 is 0 Å². The normalized spacial score (nSPS) is 18.7. The molecular weight excluding hydrogens is 402 g/mol. The van der Waals surface area contributed by atoms with Crippen molar-refractivity contribution in [1.29, 1.82) is 0 Å². The third-order valence-electron chi connectivity index (χ3n) is 5.68. The molecular formula is C17H28ClN7O2S. The Kier molecular flexibility index (Phi) is 6.14. The van der Waals surface area contributed by atoms with E-state index in [0.717, 1.165) is 49.8 Å². The zero-order chi connectivity index (χ0) is 19.2. The molecule has 0 bridgehead atoms. The maximum Gasteiger partial charge on any atom is 0.246 e. The van der Waals surface area contributed by atoms with Crippen LogP contribution in [0.25, 0.3) is 0 Å². The van der Waals surface area contributed by atoms with Gasteiger partial charge >= 0.3 is 0 Å². The topological polar surface area (TPSA) is 97.9 Å². The number of piperidine rings is 1. The van der Waals surface area contributed by atoms with Gasteiger partial charge in [0.05, 0.1) is 17.9 Å². The van der Waals surface area contributed by atoms with Gasteiger partial charge in [-0.2, -0.15) is 9.40 Å². The van der Waals surface area contributed by atoms with Gasteiger partial charge in [-0.15, -0.1) is 22.6 Å². The van der Waals surface area contributed by atoms with Crippen LogP contribution in [0.5, 0.6) is 0 Å². The molecule has 0 unspecified atom stereocenters. The third-order valence-corrected chi connectivity index (χ3v) is 7.83. The lowest BCUT2D eigenvalue weighted by Crippen LogP contribution is -2.39. The average molecular weight is 430 g/mol. The summed E-state index contributed by atoms with van der Waals surface area (Å²) in [7, 11) is -3.53. The maximum absolute atomic E-state index is 13.2. The van der Waals surface area contributed by atoms with Crippen LogP contribution in [0.3, 0.4) is 0 Å². The maximum atomic E-state index is 13.2. The van der Waals surface area contributed by atoms with E-state index in [1.807, 2.05) is 13.8 Å². The zero-order valence-electron chi connectivity index (χ0n) is 16.6. The number of nitrogens with zero attached hydrogens (tertiary/aromatic N) is 6. The molecule has 0 aliphatic carbocycles. The molecule has 1 fully saturated rings. The Morgan fingerprint density at radius 1 is 1.14 bits per heavy atom. The highest BCUT2D eigenvalue weighted by atomic mass is 35.5. The summed E-state index contributed by atoms with van der Waals surface area (Å²) in [5.74, 6) is 2.25. The summed E-state index contributed by atoms with van der Waals surface area (Å²) in [6, 6.07) is 0. The van der Waals surface area contributed by atoms with Crippen LogP contribution in [0.15, 0.2) is 4.90 Å². The number of nitrogens with one attached hydrogen (secondary N) is 1. The minimum Gasteiger partial charge on any atom is -0.312 e. The minimum atomic E-state index is -3.53. The number of aryl methyl sites for hydroxylation is 2. The number of fused-ring (bicyclic) bond motifs is 1. The molecule has 2 aliphatic rings. The van der Waals surface area contributed by atoms with Crippen LogP contribution < -0.4 is 5.32 Å². The lowest BCUT2D eigenvalue weighted by Gasteiger charge is -2.31. The van der Waals surface area contributed by atoms with Crippen LogP contribution in [-0.2, 0) is 29.7 Å². The van der Waals surface area contributed by atoms with Crippen LogP contribution in [0.4, 0.5) is 0 Å². The first-order chi connectivity index (χ1) is 12.9. The van der Waals surface area contributed by atoms with Crippen molar-refractivity contribution in [3.8, 4) is 0 Å². The fraction of sp³-hybridized carbons (Fsp3) is 0.706. The first-order valence-electron chi connectivity index (χ1n) is 9.60. The first kappa shape index (κ1) is 21.2. The van der Waals surface area contributed by atoms with E-state index in [9.17, 15) is 8.42 Å². The van der Waals surface area contributed by atoms with E-state index in [1.54, 1.807) is 15.9 Å². The molecule has 0 saturated carbocycles. The fourth-order valence-corrected chi connectivity index (χ4v) is 6.10. The Labute approximate surface area is 172 Å². The van der Waals surface area contributed by atoms with E-state index in [4.69, 9.17) is 0 Å².